The lowest BCUT2D eigenvalue weighted by Gasteiger charge is -2.09. The number of esters is 1. The smallest absolute Gasteiger partial charge is 0.340 e. The Kier molecular flexibility index (Phi) is 4.57. The quantitative estimate of drug-likeness (QED) is 0.603. The van der Waals surface area contributed by atoms with Crippen LogP contribution in [-0.2, 0) is 4.74 Å². The summed E-state index contributed by atoms with van der Waals surface area (Å²) in [7, 11) is 1.30. The highest BCUT2D eigenvalue weighted by Gasteiger charge is 2.13. The van der Waals surface area contributed by atoms with Gasteiger partial charge in [-0.25, -0.2) is 9.78 Å². The molecule has 6 heteroatoms. The number of ether oxygens (including phenoxy) is 1. The van der Waals surface area contributed by atoms with Crippen LogP contribution in [0.2, 0.25) is 0 Å². The van der Waals surface area contributed by atoms with Gasteiger partial charge in [0.15, 0.2) is 0 Å². The fourth-order valence-electron chi connectivity index (χ4n) is 1.04. The number of hydrogen-bond acceptors (Lipinski definition) is 6. The van der Waals surface area contributed by atoms with E-state index in [0.717, 1.165) is 0 Å². The zero-order valence-corrected chi connectivity index (χ0v) is 9.95. The number of rotatable bonds is 4. The Labute approximate surface area is 98.0 Å². The van der Waals surface area contributed by atoms with Crippen molar-refractivity contribution in [2.24, 2.45) is 0 Å². The van der Waals surface area contributed by atoms with E-state index in [2.05, 4.69) is 9.72 Å². The molecule has 0 amide bonds. The molecule has 0 aliphatic heterocycles. The lowest BCUT2D eigenvalue weighted by Crippen LogP contribution is -2.08. The summed E-state index contributed by atoms with van der Waals surface area (Å²) in [6.45, 7) is 1.91. The summed E-state index contributed by atoms with van der Waals surface area (Å²) in [4.78, 5) is 15.4. The Balaban J connectivity index is 2.93. The lowest BCUT2D eigenvalue weighted by atomic mass is 10.2. The standard InChI is InChI=1S/C10H14N2O3S/c1-6(5-13)16-9-3-7(10(14)15-2)8(11)4-12-9/h3-4,6,13H,5,11H2,1-2H3. The lowest BCUT2D eigenvalue weighted by molar-refractivity contribution is 0.0601. The average molecular weight is 242 g/mol. The number of nitrogens with zero attached hydrogens (tertiary/aromatic N) is 1. The van der Waals surface area contributed by atoms with Gasteiger partial charge in [0.1, 0.15) is 0 Å². The summed E-state index contributed by atoms with van der Waals surface area (Å²) in [5.41, 5.74) is 6.19. The first kappa shape index (κ1) is 12.8. The van der Waals surface area contributed by atoms with Crippen molar-refractivity contribution < 1.29 is 14.6 Å². The number of aromatic nitrogens is 1. The Morgan fingerprint density at radius 3 is 3.00 bits per heavy atom. The summed E-state index contributed by atoms with van der Waals surface area (Å²) >= 11 is 1.37. The number of nitrogen functional groups attached to an aromatic ring is 1. The predicted octanol–water partition coefficient (Wildman–Crippen LogP) is 0.923. The van der Waals surface area contributed by atoms with E-state index in [9.17, 15) is 4.79 Å². The van der Waals surface area contributed by atoms with Gasteiger partial charge >= 0.3 is 5.97 Å². The minimum absolute atomic E-state index is 0.0154. The van der Waals surface area contributed by atoms with E-state index < -0.39 is 5.97 Å². The van der Waals surface area contributed by atoms with Gasteiger partial charge in [-0.05, 0) is 6.07 Å². The van der Waals surface area contributed by atoms with E-state index in [1.165, 1.54) is 25.1 Å². The van der Waals surface area contributed by atoms with Gasteiger partial charge in [0.25, 0.3) is 0 Å². The van der Waals surface area contributed by atoms with Crippen LogP contribution in [0.3, 0.4) is 0 Å². The molecular weight excluding hydrogens is 228 g/mol. The van der Waals surface area contributed by atoms with Crippen LogP contribution in [0.15, 0.2) is 17.3 Å². The molecule has 16 heavy (non-hydrogen) atoms. The van der Waals surface area contributed by atoms with E-state index in [1.807, 2.05) is 6.92 Å². The molecular formula is C10H14N2O3S. The molecule has 0 aromatic carbocycles. The summed E-state index contributed by atoms with van der Waals surface area (Å²) in [5, 5.41) is 9.56. The Hall–Kier alpha value is -1.27. The van der Waals surface area contributed by atoms with Crippen molar-refractivity contribution in [3.8, 4) is 0 Å². The molecule has 0 aliphatic carbocycles. The predicted molar refractivity (Wildman–Crippen MR) is 62.4 cm³/mol. The van der Waals surface area contributed by atoms with Crippen molar-refractivity contribution in [3.05, 3.63) is 17.8 Å². The number of hydrogen-bond donors (Lipinski definition) is 2. The number of methoxy groups -OCH3 is 1. The third-order valence-electron chi connectivity index (χ3n) is 1.89. The number of nitrogens with two attached hydrogens (primary N) is 1. The molecule has 0 aliphatic rings. The van der Waals surface area contributed by atoms with E-state index in [0.29, 0.717) is 10.6 Å². The van der Waals surface area contributed by atoms with Gasteiger partial charge in [-0.15, -0.1) is 11.8 Å². The highest BCUT2D eigenvalue weighted by molar-refractivity contribution is 7.99. The fourth-order valence-corrected chi connectivity index (χ4v) is 1.83. The molecule has 1 atom stereocenters. The van der Waals surface area contributed by atoms with Gasteiger partial charge in [-0.3, -0.25) is 0 Å². The number of carbonyl (C=O) groups is 1. The van der Waals surface area contributed by atoms with Gasteiger partial charge in [0.05, 0.1) is 36.2 Å². The SMILES string of the molecule is COC(=O)c1cc(SC(C)CO)ncc1N. The highest BCUT2D eigenvalue weighted by Crippen LogP contribution is 2.24. The molecule has 1 aromatic rings. The number of aliphatic hydroxyl groups is 1. The number of pyridine rings is 1. The third kappa shape index (κ3) is 3.11. The maximum atomic E-state index is 11.4. The molecule has 0 spiro atoms. The second kappa shape index (κ2) is 5.72. The van der Waals surface area contributed by atoms with Crippen LogP contribution in [-0.4, -0.2) is 35.0 Å². The first-order valence-corrected chi connectivity index (χ1v) is 5.57. The highest BCUT2D eigenvalue weighted by atomic mass is 32.2. The fraction of sp³-hybridized carbons (Fsp3) is 0.400. The number of carbonyl (C=O) groups excluding carboxylic acids is 1. The third-order valence-corrected chi connectivity index (χ3v) is 2.91. The molecule has 0 saturated carbocycles. The number of anilines is 1. The molecule has 1 unspecified atom stereocenters. The van der Waals surface area contributed by atoms with Crippen LogP contribution in [0, 0.1) is 0 Å². The van der Waals surface area contributed by atoms with Crippen LogP contribution in [0.4, 0.5) is 5.69 Å². The normalized spacial score (nSPS) is 12.2. The van der Waals surface area contributed by atoms with Crippen molar-refractivity contribution in [1.29, 1.82) is 0 Å². The summed E-state index contributed by atoms with van der Waals surface area (Å²) in [6.07, 6.45) is 1.42. The molecule has 0 bridgehead atoms. The second-order valence-corrected chi connectivity index (χ2v) is 4.67. The van der Waals surface area contributed by atoms with Crippen LogP contribution in [0.25, 0.3) is 0 Å². The van der Waals surface area contributed by atoms with Crippen molar-refractivity contribution in [1.82, 2.24) is 4.98 Å². The van der Waals surface area contributed by atoms with Crippen LogP contribution < -0.4 is 5.73 Å². The largest absolute Gasteiger partial charge is 0.465 e. The maximum Gasteiger partial charge on any atom is 0.340 e. The topological polar surface area (TPSA) is 85.4 Å². The van der Waals surface area contributed by atoms with Gasteiger partial charge in [-0.2, -0.15) is 0 Å². The van der Waals surface area contributed by atoms with Crippen molar-refractivity contribution in [3.63, 3.8) is 0 Å². The molecule has 3 N–H and O–H groups in total. The summed E-state index contributed by atoms with van der Waals surface area (Å²) in [5.74, 6) is -0.488. The summed E-state index contributed by atoms with van der Waals surface area (Å²) < 4.78 is 4.60. The van der Waals surface area contributed by atoms with Crippen molar-refractivity contribution in [2.75, 3.05) is 19.5 Å². The molecule has 5 nitrogen and oxygen atoms in total. The molecule has 1 heterocycles. The maximum absolute atomic E-state index is 11.4. The Morgan fingerprint density at radius 1 is 1.75 bits per heavy atom. The molecule has 1 rings (SSSR count). The summed E-state index contributed by atoms with van der Waals surface area (Å²) in [6, 6.07) is 1.57. The van der Waals surface area contributed by atoms with Gasteiger partial charge in [0, 0.05) is 5.25 Å². The first-order valence-electron chi connectivity index (χ1n) is 4.69. The first-order chi connectivity index (χ1) is 7.58. The van der Waals surface area contributed by atoms with Crippen LogP contribution in [0.1, 0.15) is 17.3 Å². The average Bonchev–Trinajstić information content (AvgIpc) is 2.30. The van der Waals surface area contributed by atoms with Gasteiger partial charge in [0.2, 0.25) is 0 Å². The van der Waals surface area contributed by atoms with Gasteiger partial charge < -0.3 is 15.6 Å². The Bertz CT molecular complexity index is 384. The Morgan fingerprint density at radius 2 is 2.44 bits per heavy atom. The van der Waals surface area contributed by atoms with E-state index in [-0.39, 0.29) is 17.5 Å². The van der Waals surface area contributed by atoms with E-state index in [1.54, 1.807) is 6.07 Å². The number of aliphatic hydroxyl groups excluding tert-OH is 1. The van der Waals surface area contributed by atoms with E-state index in [4.69, 9.17) is 10.8 Å². The zero-order chi connectivity index (χ0) is 12.1. The van der Waals surface area contributed by atoms with Crippen molar-refractivity contribution in [2.45, 2.75) is 17.2 Å². The molecule has 0 fully saturated rings. The zero-order valence-electron chi connectivity index (χ0n) is 9.14. The molecule has 1 aromatic heterocycles. The second-order valence-electron chi connectivity index (χ2n) is 3.21. The van der Waals surface area contributed by atoms with Crippen LogP contribution in [0.5, 0.6) is 0 Å². The van der Waals surface area contributed by atoms with E-state index >= 15 is 0 Å². The number of thioether (sulfide) groups is 1. The van der Waals surface area contributed by atoms with Crippen LogP contribution >= 0.6 is 11.8 Å². The minimum Gasteiger partial charge on any atom is -0.465 e. The van der Waals surface area contributed by atoms with Crippen molar-refractivity contribution >= 4 is 23.4 Å². The van der Waals surface area contributed by atoms with Gasteiger partial charge in [-0.1, -0.05) is 6.92 Å². The molecule has 88 valence electrons. The molecule has 0 radical (unpaired) electrons. The monoisotopic (exact) mass is 242 g/mol. The molecule has 0 saturated heterocycles. The minimum atomic E-state index is -0.488.